The van der Waals surface area contributed by atoms with Gasteiger partial charge in [0.25, 0.3) is 0 Å². The van der Waals surface area contributed by atoms with E-state index in [1.165, 1.54) is 5.56 Å². The lowest BCUT2D eigenvalue weighted by molar-refractivity contribution is 0.0703. The van der Waals surface area contributed by atoms with Crippen molar-refractivity contribution in [2.24, 2.45) is 0 Å². The molecule has 1 fully saturated rings. The van der Waals surface area contributed by atoms with Gasteiger partial charge in [-0.15, -0.1) is 0 Å². The third-order valence-electron chi connectivity index (χ3n) is 3.33. The van der Waals surface area contributed by atoms with E-state index in [9.17, 15) is 5.11 Å². The average molecular weight is 264 g/mol. The summed E-state index contributed by atoms with van der Waals surface area (Å²) in [4.78, 5) is 2.30. The molecule has 1 aromatic rings. The van der Waals surface area contributed by atoms with Gasteiger partial charge in [-0.05, 0) is 44.1 Å². The van der Waals surface area contributed by atoms with E-state index in [2.05, 4.69) is 10.2 Å². The quantitative estimate of drug-likeness (QED) is 0.834. The Hall–Kier alpha value is -1.10. The molecule has 0 bridgehead atoms. The van der Waals surface area contributed by atoms with Crippen LogP contribution in [-0.2, 0) is 0 Å². The molecular formula is C15H24N2O2. The number of nitrogens with zero attached hydrogens (tertiary/aromatic N) is 1. The van der Waals surface area contributed by atoms with Gasteiger partial charge in [-0.2, -0.15) is 0 Å². The van der Waals surface area contributed by atoms with Crippen LogP contribution in [0.15, 0.2) is 24.3 Å². The lowest BCUT2D eigenvalue weighted by atomic mass is 10.2. The van der Waals surface area contributed by atoms with Gasteiger partial charge in [0.05, 0.1) is 0 Å². The SMILES string of the molecule is Cc1cccc(OC[C@H](O)CN2CCCNCC2)c1. The fourth-order valence-electron chi connectivity index (χ4n) is 2.33. The number of β-amino-alcohol motifs (C(OH)–C–C–N with tert-alkyl or cyclic N) is 1. The molecule has 19 heavy (non-hydrogen) atoms. The predicted molar refractivity (Wildman–Crippen MR) is 76.6 cm³/mol. The van der Waals surface area contributed by atoms with Gasteiger partial charge in [0.1, 0.15) is 18.5 Å². The molecule has 0 saturated carbocycles. The lowest BCUT2D eigenvalue weighted by Crippen LogP contribution is -2.37. The zero-order valence-corrected chi connectivity index (χ0v) is 11.6. The molecule has 1 aliphatic heterocycles. The summed E-state index contributed by atoms with van der Waals surface area (Å²) in [6, 6.07) is 7.92. The number of hydrogen-bond acceptors (Lipinski definition) is 4. The van der Waals surface area contributed by atoms with Crippen molar-refractivity contribution in [1.82, 2.24) is 10.2 Å². The summed E-state index contributed by atoms with van der Waals surface area (Å²) in [5, 5.41) is 13.4. The fourth-order valence-corrected chi connectivity index (χ4v) is 2.33. The van der Waals surface area contributed by atoms with Gasteiger partial charge in [0, 0.05) is 19.6 Å². The molecule has 1 aromatic carbocycles. The summed E-state index contributed by atoms with van der Waals surface area (Å²) in [5.74, 6) is 0.830. The first-order valence-electron chi connectivity index (χ1n) is 7.04. The molecule has 0 aromatic heterocycles. The van der Waals surface area contributed by atoms with Crippen molar-refractivity contribution in [1.29, 1.82) is 0 Å². The first kappa shape index (κ1) is 14.3. The summed E-state index contributed by atoms with van der Waals surface area (Å²) in [6.07, 6.45) is 0.712. The second-order valence-electron chi connectivity index (χ2n) is 5.19. The van der Waals surface area contributed by atoms with Crippen molar-refractivity contribution in [3.63, 3.8) is 0 Å². The van der Waals surface area contributed by atoms with Crippen molar-refractivity contribution >= 4 is 0 Å². The van der Waals surface area contributed by atoms with E-state index < -0.39 is 6.10 Å². The second kappa shape index (κ2) is 7.48. The van der Waals surface area contributed by atoms with Crippen LogP contribution in [0, 0.1) is 6.92 Å². The normalized spacial score (nSPS) is 18.8. The van der Waals surface area contributed by atoms with Crippen LogP contribution in [0.2, 0.25) is 0 Å². The zero-order valence-electron chi connectivity index (χ0n) is 11.6. The molecule has 1 aliphatic rings. The van der Waals surface area contributed by atoms with Crippen LogP contribution in [0.5, 0.6) is 5.75 Å². The topological polar surface area (TPSA) is 44.7 Å². The third-order valence-corrected chi connectivity index (χ3v) is 3.33. The van der Waals surface area contributed by atoms with Gasteiger partial charge in [0.15, 0.2) is 0 Å². The summed E-state index contributed by atoms with van der Waals surface area (Å²) in [7, 11) is 0. The molecular weight excluding hydrogens is 240 g/mol. The first-order chi connectivity index (χ1) is 9.24. The number of aliphatic hydroxyl groups excluding tert-OH is 1. The van der Waals surface area contributed by atoms with Gasteiger partial charge in [0.2, 0.25) is 0 Å². The fraction of sp³-hybridized carbons (Fsp3) is 0.600. The minimum absolute atomic E-state index is 0.355. The van der Waals surface area contributed by atoms with Crippen molar-refractivity contribution in [2.45, 2.75) is 19.4 Å². The number of nitrogens with one attached hydrogen (secondary N) is 1. The zero-order chi connectivity index (χ0) is 13.5. The molecule has 0 radical (unpaired) electrons. The molecule has 0 amide bonds. The molecule has 4 heteroatoms. The summed E-state index contributed by atoms with van der Waals surface area (Å²) in [5.41, 5.74) is 1.17. The minimum atomic E-state index is -0.432. The molecule has 1 saturated heterocycles. The van der Waals surface area contributed by atoms with Crippen molar-refractivity contribution < 1.29 is 9.84 Å². The molecule has 0 spiro atoms. The Morgan fingerprint density at radius 3 is 3.11 bits per heavy atom. The van der Waals surface area contributed by atoms with Crippen LogP contribution in [0.3, 0.4) is 0 Å². The Morgan fingerprint density at radius 1 is 1.37 bits per heavy atom. The maximum Gasteiger partial charge on any atom is 0.119 e. The van der Waals surface area contributed by atoms with Crippen LogP contribution in [0.1, 0.15) is 12.0 Å². The van der Waals surface area contributed by atoms with E-state index in [1.54, 1.807) is 0 Å². The molecule has 2 N–H and O–H groups in total. The highest BCUT2D eigenvalue weighted by molar-refractivity contribution is 5.27. The van der Waals surface area contributed by atoms with Crippen molar-refractivity contribution in [3.8, 4) is 5.75 Å². The van der Waals surface area contributed by atoms with Gasteiger partial charge in [-0.3, -0.25) is 4.90 Å². The van der Waals surface area contributed by atoms with E-state index in [1.807, 2.05) is 31.2 Å². The van der Waals surface area contributed by atoms with E-state index in [0.29, 0.717) is 13.2 Å². The van der Waals surface area contributed by atoms with E-state index in [0.717, 1.165) is 38.3 Å². The van der Waals surface area contributed by atoms with Gasteiger partial charge in [-0.1, -0.05) is 12.1 Å². The maximum absolute atomic E-state index is 10.0. The average Bonchev–Trinajstić information content (AvgIpc) is 2.65. The predicted octanol–water partition coefficient (Wildman–Crippen LogP) is 1.03. The second-order valence-corrected chi connectivity index (χ2v) is 5.19. The third kappa shape index (κ3) is 5.19. The van der Waals surface area contributed by atoms with Gasteiger partial charge >= 0.3 is 0 Å². The van der Waals surface area contributed by atoms with Crippen LogP contribution in [0.4, 0.5) is 0 Å². The minimum Gasteiger partial charge on any atom is -0.491 e. The molecule has 1 heterocycles. The maximum atomic E-state index is 10.0. The number of aliphatic hydroxyl groups is 1. The Kier molecular flexibility index (Phi) is 5.63. The highest BCUT2D eigenvalue weighted by Gasteiger charge is 2.13. The molecule has 0 aliphatic carbocycles. The largest absolute Gasteiger partial charge is 0.491 e. The number of ether oxygens (including phenoxy) is 1. The van der Waals surface area contributed by atoms with E-state index in [4.69, 9.17) is 4.74 Å². The lowest BCUT2D eigenvalue weighted by Gasteiger charge is -2.23. The Morgan fingerprint density at radius 2 is 2.26 bits per heavy atom. The Labute approximate surface area is 115 Å². The summed E-state index contributed by atoms with van der Waals surface area (Å²) >= 11 is 0. The summed E-state index contributed by atoms with van der Waals surface area (Å²) in [6.45, 7) is 7.21. The Balaban J connectivity index is 1.73. The smallest absolute Gasteiger partial charge is 0.119 e. The van der Waals surface area contributed by atoms with Crippen LogP contribution < -0.4 is 10.1 Å². The Bertz CT molecular complexity index is 376. The van der Waals surface area contributed by atoms with Gasteiger partial charge < -0.3 is 15.2 Å². The highest BCUT2D eigenvalue weighted by atomic mass is 16.5. The molecule has 4 nitrogen and oxygen atoms in total. The number of hydrogen-bond donors (Lipinski definition) is 2. The highest BCUT2D eigenvalue weighted by Crippen LogP contribution is 2.12. The number of benzene rings is 1. The number of rotatable bonds is 5. The van der Waals surface area contributed by atoms with E-state index in [-0.39, 0.29) is 0 Å². The van der Waals surface area contributed by atoms with Gasteiger partial charge in [-0.25, -0.2) is 0 Å². The molecule has 2 rings (SSSR count). The van der Waals surface area contributed by atoms with E-state index >= 15 is 0 Å². The standard InChI is InChI=1S/C15H24N2O2/c1-13-4-2-5-15(10-13)19-12-14(18)11-17-8-3-6-16-7-9-17/h2,4-5,10,14,16,18H,3,6-9,11-12H2,1H3/t14-/m1/s1. The monoisotopic (exact) mass is 264 g/mol. The van der Waals surface area contributed by atoms with Crippen LogP contribution in [0.25, 0.3) is 0 Å². The molecule has 106 valence electrons. The first-order valence-corrected chi connectivity index (χ1v) is 7.04. The number of aryl methyl sites for hydroxylation is 1. The van der Waals surface area contributed by atoms with Crippen molar-refractivity contribution in [3.05, 3.63) is 29.8 Å². The van der Waals surface area contributed by atoms with Crippen LogP contribution in [-0.4, -0.2) is 55.4 Å². The summed E-state index contributed by atoms with van der Waals surface area (Å²) < 4.78 is 5.63. The van der Waals surface area contributed by atoms with Crippen molar-refractivity contribution in [2.75, 3.05) is 39.3 Å². The molecule has 1 atom stereocenters. The molecule has 0 unspecified atom stereocenters. The van der Waals surface area contributed by atoms with Crippen LogP contribution >= 0.6 is 0 Å².